The van der Waals surface area contributed by atoms with Crippen LogP contribution in [0.3, 0.4) is 0 Å². The highest BCUT2D eigenvalue weighted by molar-refractivity contribution is 6.06. The van der Waals surface area contributed by atoms with Crippen molar-refractivity contribution in [2.24, 2.45) is 7.05 Å². The van der Waals surface area contributed by atoms with Crippen molar-refractivity contribution in [3.63, 3.8) is 0 Å². The molecule has 7 heteroatoms. The molecule has 0 fully saturated rings. The number of para-hydroxylation sites is 2. The van der Waals surface area contributed by atoms with E-state index < -0.39 is 5.91 Å². The van der Waals surface area contributed by atoms with E-state index in [1.54, 1.807) is 50.0 Å². The van der Waals surface area contributed by atoms with Crippen LogP contribution in [-0.4, -0.2) is 35.6 Å². The summed E-state index contributed by atoms with van der Waals surface area (Å²) in [6.07, 6.45) is 0. The monoisotopic (exact) mass is 381 g/mol. The Balaban J connectivity index is 1.91. The molecular weight excluding hydrogens is 358 g/mol. The lowest BCUT2D eigenvalue weighted by Gasteiger charge is -2.11. The lowest BCUT2D eigenvalue weighted by atomic mass is 10.2. The Morgan fingerprint density at radius 1 is 1.04 bits per heavy atom. The summed E-state index contributed by atoms with van der Waals surface area (Å²) in [6.45, 7) is 2.53. The van der Waals surface area contributed by atoms with Crippen LogP contribution in [0.25, 0.3) is 5.69 Å². The number of ether oxygens (including phenoxy) is 2. The van der Waals surface area contributed by atoms with Crippen LogP contribution < -0.4 is 15.6 Å². The van der Waals surface area contributed by atoms with E-state index in [2.05, 4.69) is 5.32 Å². The first-order valence-electron chi connectivity index (χ1n) is 8.90. The van der Waals surface area contributed by atoms with Gasteiger partial charge in [-0.1, -0.05) is 30.3 Å². The van der Waals surface area contributed by atoms with Crippen molar-refractivity contribution >= 4 is 11.6 Å². The summed E-state index contributed by atoms with van der Waals surface area (Å²) in [7, 11) is 3.36. The molecule has 1 aromatic heterocycles. The van der Waals surface area contributed by atoms with Gasteiger partial charge in [0.2, 0.25) is 0 Å². The predicted octanol–water partition coefficient (Wildman–Crippen LogP) is 2.76. The Morgan fingerprint density at radius 2 is 1.71 bits per heavy atom. The number of carbonyl (C=O) groups is 1. The van der Waals surface area contributed by atoms with E-state index in [1.165, 1.54) is 4.68 Å². The van der Waals surface area contributed by atoms with Crippen LogP contribution in [0.4, 0.5) is 5.69 Å². The molecule has 28 heavy (non-hydrogen) atoms. The maximum absolute atomic E-state index is 13.0. The van der Waals surface area contributed by atoms with Crippen LogP contribution in [0.2, 0.25) is 0 Å². The van der Waals surface area contributed by atoms with Crippen LogP contribution in [0, 0.1) is 6.92 Å². The van der Waals surface area contributed by atoms with E-state index in [4.69, 9.17) is 9.47 Å². The number of benzene rings is 2. The van der Waals surface area contributed by atoms with E-state index in [0.29, 0.717) is 30.2 Å². The molecule has 0 saturated carbocycles. The number of nitrogens with one attached hydrogen (secondary N) is 1. The van der Waals surface area contributed by atoms with E-state index >= 15 is 0 Å². The Hall–Kier alpha value is -3.32. The molecule has 3 rings (SSSR count). The molecule has 0 radical (unpaired) electrons. The van der Waals surface area contributed by atoms with Gasteiger partial charge in [-0.05, 0) is 31.2 Å². The average molecular weight is 381 g/mol. The predicted molar refractivity (Wildman–Crippen MR) is 108 cm³/mol. The van der Waals surface area contributed by atoms with Gasteiger partial charge in [0.05, 0.1) is 23.6 Å². The van der Waals surface area contributed by atoms with Crippen molar-refractivity contribution < 1.29 is 14.3 Å². The maximum Gasteiger partial charge on any atom is 0.295 e. The zero-order chi connectivity index (χ0) is 20.1. The summed E-state index contributed by atoms with van der Waals surface area (Å²) >= 11 is 0. The molecule has 0 atom stereocenters. The fourth-order valence-electron chi connectivity index (χ4n) is 2.91. The van der Waals surface area contributed by atoms with Crippen molar-refractivity contribution in [2.45, 2.75) is 6.92 Å². The van der Waals surface area contributed by atoms with Gasteiger partial charge in [0.25, 0.3) is 11.5 Å². The van der Waals surface area contributed by atoms with E-state index in [-0.39, 0.29) is 11.2 Å². The molecule has 3 aromatic rings. The molecule has 0 aliphatic rings. The number of hydrogen-bond donors (Lipinski definition) is 1. The Labute approximate surface area is 163 Å². The standard InChI is InChI=1S/C21H23N3O4/c1-15-19(21(26)24(23(15)2)16-9-5-4-6-10-16)22-20(25)17-11-7-8-12-18(17)28-14-13-27-3/h4-12H,13-14H2,1-3H3,(H,22,25). The molecule has 0 aliphatic heterocycles. The molecule has 1 N–H and O–H groups in total. The van der Waals surface area contributed by atoms with Crippen LogP contribution in [-0.2, 0) is 11.8 Å². The zero-order valence-electron chi connectivity index (χ0n) is 16.1. The lowest BCUT2D eigenvalue weighted by Crippen LogP contribution is -2.23. The third-order valence-electron chi connectivity index (χ3n) is 4.47. The number of hydrogen-bond acceptors (Lipinski definition) is 4. The van der Waals surface area contributed by atoms with Crippen LogP contribution in [0.1, 0.15) is 16.1 Å². The van der Waals surface area contributed by atoms with Crippen LogP contribution in [0.5, 0.6) is 5.75 Å². The number of anilines is 1. The van der Waals surface area contributed by atoms with Gasteiger partial charge in [0.1, 0.15) is 18.0 Å². The number of rotatable bonds is 7. The minimum Gasteiger partial charge on any atom is -0.490 e. The minimum absolute atomic E-state index is 0.239. The molecular formula is C21H23N3O4. The molecule has 0 bridgehead atoms. The lowest BCUT2D eigenvalue weighted by molar-refractivity contribution is 0.101. The van der Waals surface area contributed by atoms with Gasteiger partial charge in [0, 0.05) is 14.2 Å². The highest BCUT2D eigenvalue weighted by Crippen LogP contribution is 2.21. The number of aromatic nitrogens is 2. The highest BCUT2D eigenvalue weighted by atomic mass is 16.5. The van der Waals surface area contributed by atoms with Crippen molar-refractivity contribution in [1.82, 2.24) is 9.36 Å². The van der Waals surface area contributed by atoms with Gasteiger partial charge in [0.15, 0.2) is 0 Å². The molecule has 146 valence electrons. The molecule has 0 spiro atoms. The second-order valence-electron chi connectivity index (χ2n) is 6.23. The molecule has 2 aromatic carbocycles. The average Bonchev–Trinajstić information content (AvgIpc) is 2.92. The molecule has 1 heterocycles. The first-order valence-corrected chi connectivity index (χ1v) is 8.90. The SMILES string of the molecule is COCCOc1ccccc1C(=O)Nc1c(C)n(C)n(-c2ccccc2)c1=O. The topological polar surface area (TPSA) is 74.5 Å². The number of methoxy groups -OCH3 is 1. The van der Waals surface area contributed by atoms with Crippen molar-refractivity contribution in [3.05, 3.63) is 76.2 Å². The zero-order valence-corrected chi connectivity index (χ0v) is 16.1. The van der Waals surface area contributed by atoms with Crippen molar-refractivity contribution in [2.75, 3.05) is 25.6 Å². The fraction of sp³-hybridized carbons (Fsp3) is 0.238. The van der Waals surface area contributed by atoms with Gasteiger partial charge in [-0.2, -0.15) is 0 Å². The van der Waals surface area contributed by atoms with E-state index in [0.717, 1.165) is 5.69 Å². The Kier molecular flexibility index (Phi) is 5.96. The van der Waals surface area contributed by atoms with Crippen LogP contribution >= 0.6 is 0 Å². The van der Waals surface area contributed by atoms with Gasteiger partial charge in [-0.15, -0.1) is 0 Å². The van der Waals surface area contributed by atoms with E-state index in [1.807, 2.05) is 30.3 Å². The third-order valence-corrected chi connectivity index (χ3v) is 4.47. The smallest absolute Gasteiger partial charge is 0.295 e. The van der Waals surface area contributed by atoms with Gasteiger partial charge in [-0.25, -0.2) is 4.68 Å². The summed E-state index contributed by atoms with van der Waals surface area (Å²) in [5.74, 6) is 0.0352. The summed E-state index contributed by atoms with van der Waals surface area (Å²) in [5.41, 5.74) is 1.68. The second-order valence-corrected chi connectivity index (χ2v) is 6.23. The van der Waals surface area contributed by atoms with Crippen molar-refractivity contribution in [3.8, 4) is 11.4 Å². The molecule has 7 nitrogen and oxygen atoms in total. The summed E-state index contributed by atoms with van der Waals surface area (Å²) in [5, 5.41) is 2.75. The maximum atomic E-state index is 13.0. The summed E-state index contributed by atoms with van der Waals surface area (Å²) in [6, 6.07) is 16.2. The van der Waals surface area contributed by atoms with Gasteiger partial charge >= 0.3 is 0 Å². The van der Waals surface area contributed by atoms with E-state index in [9.17, 15) is 9.59 Å². The summed E-state index contributed by atoms with van der Waals surface area (Å²) < 4.78 is 13.8. The third kappa shape index (κ3) is 3.84. The fourth-order valence-corrected chi connectivity index (χ4v) is 2.91. The first kappa shape index (κ1) is 19.4. The quantitative estimate of drug-likeness (QED) is 0.639. The number of carbonyl (C=O) groups excluding carboxylic acids is 1. The highest BCUT2D eigenvalue weighted by Gasteiger charge is 2.20. The first-order chi connectivity index (χ1) is 13.5. The number of nitrogens with zero attached hydrogens (tertiary/aromatic N) is 2. The van der Waals surface area contributed by atoms with Crippen molar-refractivity contribution in [1.29, 1.82) is 0 Å². The van der Waals surface area contributed by atoms with Crippen LogP contribution in [0.15, 0.2) is 59.4 Å². The molecule has 1 amide bonds. The number of amides is 1. The molecule has 0 aliphatic carbocycles. The molecule has 0 saturated heterocycles. The summed E-state index contributed by atoms with van der Waals surface area (Å²) in [4.78, 5) is 25.8. The van der Waals surface area contributed by atoms with Gasteiger partial charge in [-0.3, -0.25) is 14.3 Å². The Morgan fingerprint density at radius 3 is 2.43 bits per heavy atom. The Bertz CT molecular complexity index is 1020. The minimum atomic E-state index is -0.404. The van der Waals surface area contributed by atoms with Gasteiger partial charge < -0.3 is 14.8 Å². The normalized spacial score (nSPS) is 10.7. The second kappa shape index (κ2) is 8.58. The largest absolute Gasteiger partial charge is 0.490 e. The molecule has 0 unspecified atom stereocenters.